The van der Waals surface area contributed by atoms with Gasteiger partial charge in [0.25, 0.3) is 0 Å². The minimum Gasteiger partial charge on any atom is -0.372 e. The van der Waals surface area contributed by atoms with E-state index in [4.69, 9.17) is 4.74 Å². The first-order chi connectivity index (χ1) is 8.57. The highest BCUT2D eigenvalue weighted by molar-refractivity contribution is 5.83. The second-order valence-corrected chi connectivity index (χ2v) is 6.61. The molecule has 3 aliphatic rings. The van der Waals surface area contributed by atoms with Crippen molar-refractivity contribution in [3.05, 3.63) is 0 Å². The normalized spacial score (nSPS) is 38.8. The second-order valence-electron chi connectivity index (χ2n) is 6.61. The molecule has 1 N–H and O–H groups in total. The first-order valence-corrected chi connectivity index (χ1v) is 7.23. The zero-order chi connectivity index (χ0) is 12.8. The van der Waals surface area contributed by atoms with Crippen LogP contribution in [0.2, 0.25) is 0 Å². The second kappa shape index (κ2) is 4.49. The number of carbonyl (C=O) groups is 1. The molecule has 2 heterocycles. The van der Waals surface area contributed by atoms with Crippen molar-refractivity contribution < 1.29 is 9.53 Å². The number of amides is 1. The Hall–Kier alpha value is -0.610. The average molecular weight is 252 g/mol. The molecule has 102 valence electrons. The number of ether oxygens (including phenoxy) is 1. The molecule has 0 bridgehead atoms. The smallest absolute Gasteiger partial charge is 0.240 e. The highest BCUT2D eigenvalue weighted by Gasteiger charge is 2.44. The van der Waals surface area contributed by atoms with Crippen LogP contribution in [0.1, 0.15) is 33.1 Å². The lowest BCUT2D eigenvalue weighted by molar-refractivity contribution is -0.148. The molecule has 3 atom stereocenters. The molecule has 0 aromatic carbocycles. The summed E-state index contributed by atoms with van der Waals surface area (Å²) in [6.45, 7) is 7.30. The van der Waals surface area contributed by atoms with Crippen molar-refractivity contribution >= 4 is 5.91 Å². The Balaban J connectivity index is 1.67. The zero-order valence-electron chi connectivity index (χ0n) is 11.4. The summed E-state index contributed by atoms with van der Waals surface area (Å²) in [5.41, 5.74) is -0.193. The lowest BCUT2D eigenvalue weighted by Gasteiger charge is -2.39. The highest BCUT2D eigenvalue weighted by atomic mass is 16.5. The molecule has 1 aliphatic carbocycles. The van der Waals surface area contributed by atoms with E-state index >= 15 is 0 Å². The molecule has 2 aliphatic heterocycles. The third-order valence-corrected chi connectivity index (χ3v) is 4.75. The quantitative estimate of drug-likeness (QED) is 0.757. The fraction of sp³-hybridized carbons (Fsp3) is 0.929. The summed E-state index contributed by atoms with van der Waals surface area (Å²) >= 11 is 0. The van der Waals surface area contributed by atoms with Crippen molar-refractivity contribution in [2.75, 3.05) is 26.2 Å². The van der Waals surface area contributed by atoms with E-state index in [0.717, 1.165) is 25.6 Å². The first-order valence-electron chi connectivity index (χ1n) is 7.23. The monoisotopic (exact) mass is 252 g/mol. The molecule has 3 rings (SSSR count). The predicted molar refractivity (Wildman–Crippen MR) is 69.2 cm³/mol. The molecule has 4 heteroatoms. The van der Waals surface area contributed by atoms with Gasteiger partial charge in [-0.1, -0.05) is 6.42 Å². The van der Waals surface area contributed by atoms with Gasteiger partial charge in [0, 0.05) is 13.1 Å². The van der Waals surface area contributed by atoms with Crippen LogP contribution >= 0.6 is 0 Å². The SMILES string of the molecule is CC1(C)CN(C(=O)C2NCC3CCCC32)CCO1. The minimum atomic E-state index is -0.193. The van der Waals surface area contributed by atoms with E-state index < -0.39 is 0 Å². The third kappa shape index (κ3) is 2.16. The number of hydrogen-bond donors (Lipinski definition) is 1. The molecule has 4 nitrogen and oxygen atoms in total. The zero-order valence-corrected chi connectivity index (χ0v) is 11.4. The number of rotatable bonds is 1. The molecule has 18 heavy (non-hydrogen) atoms. The Kier molecular flexibility index (Phi) is 3.10. The lowest BCUT2D eigenvalue weighted by atomic mass is 9.93. The summed E-state index contributed by atoms with van der Waals surface area (Å²) < 4.78 is 5.68. The van der Waals surface area contributed by atoms with Crippen molar-refractivity contribution in [2.24, 2.45) is 11.8 Å². The molecule has 3 fully saturated rings. The number of nitrogens with zero attached hydrogens (tertiary/aromatic N) is 1. The van der Waals surface area contributed by atoms with Crippen molar-refractivity contribution in [1.82, 2.24) is 10.2 Å². The van der Waals surface area contributed by atoms with Gasteiger partial charge in [0.05, 0.1) is 18.2 Å². The topological polar surface area (TPSA) is 41.6 Å². The van der Waals surface area contributed by atoms with E-state index in [1.165, 1.54) is 19.3 Å². The van der Waals surface area contributed by atoms with Crippen LogP contribution in [0.3, 0.4) is 0 Å². The van der Waals surface area contributed by atoms with Crippen LogP contribution < -0.4 is 5.32 Å². The van der Waals surface area contributed by atoms with E-state index in [-0.39, 0.29) is 11.6 Å². The highest BCUT2D eigenvalue weighted by Crippen LogP contribution is 2.38. The first kappa shape index (κ1) is 12.4. The van der Waals surface area contributed by atoms with Gasteiger partial charge in [-0.05, 0) is 45.1 Å². The molecule has 3 unspecified atom stereocenters. The Labute approximate surface area is 109 Å². The summed E-state index contributed by atoms with van der Waals surface area (Å²) in [6.07, 6.45) is 3.83. The van der Waals surface area contributed by atoms with Crippen LogP contribution in [0.5, 0.6) is 0 Å². The Bertz CT molecular complexity index is 343. The van der Waals surface area contributed by atoms with E-state index in [1.54, 1.807) is 0 Å². The Morgan fingerprint density at radius 1 is 1.39 bits per heavy atom. The van der Waals surface area contributed by atoms with E-state index in [0.29, 0.717) is 18.4 Å². The van der Waals surface area contributed by atoms with Crippen molar-refractivity contribution in [1.29, 1.82) is 0 Å². The largest absolute Gasteiger partial charge is 0.372 e. The van der Waals surface area contributed by atoms with Gasteiger partial charge in [-0.25, -0.2) is 0 Å². The fourth-order valence-electron chi connectivity index (χ4n) is 3.86. The van der Waals surface area contributed by atoms with Gasteiger partial charge in [0.15, 0.2) is 0 Å². The summed E-state index contributed by atoms with van der Waals surface area (Å²) in [7, 11) is 0. The summed E-state index contributed by atoms with van der Waals surface area (Å²) in [5.74, 6) is 1.64. The molecule has 0 spiro atoms. The predicted octanol–water partition coefficient (Wildman–Crippen LogP) is 1.01. The third-order valence-electron chi connectivity index (χ3n) is 4.75. The molecule has 0 aromatic heterocycles. The van der Waals surface area contributed by atoms with Crippen LogP contribution in [0.4, 0.5) is 0 Å². The summed E-state index contributed by atoms with van der Waals surface area (Å²) in [5, 5.41) is 3.45. The number of morpholine rings is 1. The van der Waals surface area contributed by atoms with Gasteiger partial charge in [0.1, 0.15) is 0 Å². The van der Waals surface area contributed by atoms with E-state index in [1.807, 2.05) is 4.90 Å². The number of nitrogens with one attached hydrogen (secondary N) is 1. The van der Waals surface area contributed by atoms with Crippen LogP contribution in [0, 0.1) is 11.8 Å². The van der Waals surface area contributed by atoms with Gasteiger partial charge in [-0.2, -0.15) is 0 Å². The van der Waals surface area contributed by atoms with Crippen LogP contribution in [0.15, 0.2) is 0 Å². The Morgan fingerprint density at radius 2 is 2.22 bits per heavy atom. The van der Waals surface area contributed by atoms with Crippen molar-refractivity contribution in [3.63, 3.8) is 0 Å². The van der Waals surface area contributed by atoms with E-state index in [2.05, 4.69) is 19.2 Å². The maximum atomic E-state index is 12.6. The molecular formula is C14H24N2O2. The molecule has 0 aromatic rings. The molecule has 1 amide bonds. The lowest BCUT2D eigenvalue weighted by Crippen LogP contribution is -2.55. The average Bonchev–Trinajstić information content (AvgIpc) is 2.88. The van der Waals surface area contributed by atoms with Gasteiger partial charge >= 0.3 is 0 Å². The van der Waals surface area contributed by atoms with Crippen molar-refractivity contribution in [3.8, 4) is 0 Å². The van der Waals surface area contributed by atoms with E-state index in [9.17, 15) is 4.79 Å². The molecule has 0 radical (unpaired) electrons. The number of carbonyl (C=O) groups excluding carboxylic acids is 1. The summed E-state index contributed by atoms with van der Waals surface area (Å²) in [4.78, 5) is 14.6. The standard InChI is InChI=1S/C14H24N2O2/c1-14(2)9-16(6-7-18-14)13(17)12-11-5-3-4-10(11)8-15-12/h10-12,15H,3-9H2,1-2H3. The molecule has 2 saturated heterocycles. The van der Waals surface area contributed by atoms with Crippen LogP contribution in [-0.2, 0) is 9.53 Å². The molecule has 1 saturated carbocycles. The molecular weight excluding hydrogens is 228 g/mol. The van der Waals surface area contributed by atoms with Crippen LogP contribution in [0.25, 0.3) is 0 Å². The fourth-order valence-corrected chi connectivity index (χ4v) is 3.86. The van der Waals surface area contributed by atoms with Crippen molar-refractivity contribution in [2.45, 2.75) is 44.8 Å². The number of fused-ring (bicyclic) bond motifs is 1. The minimum absolute atomic E-state index is 0.0754. The van der Waals surface area contributed by atoms with Gasteiger partial charge < -0.3 is 15.0 Å². The maximum absolute atomic E-state index is 12.6. The summed E-state index contributed by atoms with van der Waals surface area (Å²) in [6, 6.07) is 0.0754. The number of hydrogen-bond acceptors (Lipinski definition) is 3. The van der Waals surface area contributed by atoms with Gasteiger partial charge in [-0.15, -0.1) is 0 Å². The van der Waals surface area contributed by atoms with Crippen LogP contribution in [-0.4, -0.2) is 48.7 Å². The van der Waals surface area contributed by atoms with Gasteiger partial charge in [-0.3, -0.25) is 4.79 Å². The Morgan fingerprint density at radius 3 is 3.00 bits per heavy atom. The maximum Gasteiger partial charge on any atom is 0.240 e. The van der Waals surface area contributed by atoms with Gasteiger partial charge in [0.2, 0.25) is 5.91 Å².